The van der Waals surface area contributed by atoms with Gasteiger partial charge in [0.05, 0.1) is 16.9 Å². The van der Waals surface area contributed by atoms with Crippen LogP contribution in [0.3, 0.4) is 0 Å². The lowest BCUT2D eigenvalue weighted by molar-refractivity contribution is -0.127. The van der Waals surface area contributed by atoms with Gasteiger partial charge in [0.2, 0.25) is 11.8 Å². The number of nitrogens with zero attached hydrogens (tertiary/aromatic N) is 5. The van der Waals surface area contributed by atoms with E-state index in [1.165, 1.54) is 24.3 Å². The molecule has 2 fully saturated rings. The van der Waals surface area contributed by atoms with Crippen molar-refractivity contribution in [3.8, 4) is 22.8 Å². The molecule has 0 spiro atoms. The quantitative estimate of drug-likeness (QED) is 0.294. The number of rotatable bonds is 6. The van der Waals surface area contributed by atoms with Gasteiger partial charge in [0, 0.05) is 41.7 Å². The minimum Gasteiger partial charge on any atom is -0.505 e. The number of ether oxygens (including phenoxy) is 1. The van der Waals surface area contributed by atoms with Crippen molar-refractivity contribution in [1.82, 2.24) is 24.3 Å². The summed E-state index contributed by atoms with van der Waals surface area (Å²) in [5.74, 6) is -2.32. The molecular formula is C30H30ClF2N5O3. The first-order valence-electron chi connectivity index (χ1n) is 13.7. The van der Waals surface area contributed by atoms with Gasteiger partial charge in [0.25, 0.3) is 0 Å². The van der Waals surface area contributed by atoms with E-state index in [2.05, 4.69) is 21.4 Å². The number of halogens is 3. The van der Waals surface area contributed by atoms with E-state index in [-0.39, 0.29) is 45.5 Å². The van der Waals surface area contributed by atoms with Crippen LogP contribution in [0.25, 0.3) is 33.1 Å². The number of aromatic hydroxyl groups is 1. The van der Waals surface area contributed by atoms with Crippen molar-refractivity contribution in [3.63, 3.8) is 0 Å². The molecule has 8 nitrogen and oxygen atoms in total. The lowest BCUT2D eigenvalue weighted by atomic mass is 10.00. The minimum absolute atomic E-state index is 0.0155. The number of likely N-dealkylation sites (tertiary alicyclic amines) is 2. The Morgan fingerprint density at radius 2 is 1.98 bits per heavy atom. The largest absolute Gasteiger partial charge is 0.505 e. The molecule has 2 aromatic carbocycles. The molecular weight excluding hydrogens is 552 g/mol. The third-order valence-electron chi connectivity index (χ3n) is 8.33. The van der Waals surface area contributed by atoms with Crippen molar-refractivity contribution in [2.24, 2.45) is 0 Å². The Bertz CT molecular complexity index is 1670. The number of piperidine rings is 1. The second-order valence-corrected chi connectivity index (χ2v) is 11.1. The topological polar surface area (TPSA) is 83.7 Å². The van der Waals surface area contributed by atoms with Crippen LogP contribution in [0, 0.1) is 11.6 Å². The summed E-state index contributed by atoms with van der Waals surface area (Å²) in [4.78, 5) is 25.3. The molecule has 2 aliphatic rings. The molecule has 1 N–H and O–H groups in total. The molecule has 214 valence electrons. The molecule has 1 atom stereocenters. The van der Waals surface area contributed by atoms with E-state index < -0.39 is 17.4 Å². The van der Waals surface area contributed by atoms with Crippen LogP contribution in [0.15, 0.2) is 43.2 Å². The second-order valence-electron chi connectivity index (χ2n) is 10.7. The first-order chi connectivity index (χ1) is 19.8. The zero-order chi connectivity index (χ0) is 28.8. The summed E-state index contributed by atoms with van der Waals surface area (Å²) in [6.45, 7) is 6.01. The first-order valence-corrected chi connectivity index (χ1v) is 14.1. The summed E-state index contributed by atoms with van der Waals surface area (Å²) < 4.78 is 39.5. The summed E-state index contributed by atoms with van der Waals surface area (Å²) in [6, 6.07) is 5.72. The number of aromatic nitrogens is 3. The molecule has 11 heteroatoms. The maximum Gasteiger partial charge on any atom is 0.245 e. The van der Waals surface area contributed by atoms with Crippen molar-refractivity contribution >= 4 is 39.4 Å². The molecule has 0 radical (unpaired) electrons. The normalized spacial score (nSPS) is 18.4. The van der Waals surface area contributed by atoms with Crippen LogP contribution in [0.5, 0.6) is 11.6 Å². The number of phenols is 1. The third kappa shape index (κ3) is 4.78. The Morgan fingerprint density at radius 3 is 2.68 bits per heavy atom. The number of likely N-dealkylation sites (N-methyl/N-ethyl adjacent to an activating group) is 1. The van der Waals surface area contributed by atoms with Gasteiger partial charge in [-0.15, -0.1) is 0 Å². The lowest BCUT2D eigenvalue weighted by Crippen LogP contribution is -2.38. The van der Waals surface area contributed by atoms with Crippen molar-refractivity contribution in [2.75, 3.05) is 33.3 Å². The van der Waals surface area contributed by atoms with Crippen LogP contribution < -0.4 is 4.74 Å². The molecule has 6 rings (SSSR count). The number of fused-ring (bicyclic) bond motifs is 3. The Hall–Kier alpha value is -3.76. The van der Waals surface area contributed by atoms with E-state index in [0.717, 1.165) is 19.4 Å². The van der Waals surface area contributed by atoms with Gasteiger partial charge in [0.1, 0.15) is 12.1 Å². The van der Waals surface area contributed by atoms with Crippen molar-refractivity contribution in [2.45, 2.75) is 37.8 Å². The highest BCUT2D eigenvalue weighted by Crippen LogP contribution is 2.42. The molecule has 0 saturated carbocycles. The molecule has 2 aromatic heterocycles. The van der Waals surface area contributed by atoms with Gasteiger partial charge in [-0.2, -0.15) is 0 Å². The second kappa shape index (κ2) is 10.9. The fraction of sp³-hybridized carbons (Fsp3) is 0.367. The maximum atomic E-state index is 16.4. The monoisotopic (exact) mass is 581 g/mol. The number of imidazole rings is 1. The van der Waals surface area contributed by atoms with Crippen LogP contribution in [-0.4, -0.2) is 74.7 Å². The zero-order valence-corrected chi connectivity index (χ0v) is 23.4. The number of carbonyl (C=O) groups excluding carboxylic acids is 1. The molecule has 4 heterocycles. The number of phenolic OH excluding ortho intramolecular Hbond substituents is 1. The van der Waals surface area contributed by atoms with Crippen LogP contribution in [0.4, 0.5) is 8.78 Å². The fourth-order valence-corrected chi connectivity index (χ4v) is 6.33. The lowest BCUT2D eigenvalue weighted by Gasteiger charge is -2.32. The number of carbonyl (C=O) groups is 1. The van der Waals surface area contributed by atoms with Gasteiger partial charge in [-0.25, -0.2) is 18.7 Å². The third-order valence-corrected chi connectivity index (χ3v) is 8.63. The molecule has 0 bridgehead atoms. The molecule has 4 aromatic rings. The fourth-order valence-electron chi connectivity index (χ4n) is 6.03. The van der Waals surface area contributed by atoms with E-state index in [9.17, 15) is 14.3 Å². The van der Waals surface area contributed by atoms with Gasteiger partial charge in [-0.3, -0.25) is 4.79 Å². The summed E-state index contributed by atoms with van der Waals surface area (Å²) >= 11 is 6.61. The van der Waals surface area contributed by atoms with Crippen LogP contribution in [0.1, 0.15) is 31.7 Å². The van der Waals surface area contributed by atoms with Crippen LogP contribution >= 0.6 is 11.6 Å². The number of pyridine rings is 1. The number of hydrogen-bond donors (Lipinski definition) is 1. The molecule has 2 aliphatic heterocycles. The molecule has 2 saturated heterocycles. The highest BCUT2D eigenvalue weighted by molar-refractivity contribution is 6.34. The first kappa shape index (κ1) is 27.4. The van der Waals surface area contributed by atoms with Crippen LogP contribution in [0.2, 0.25) is 5.02 Å². The zero-order valence-electron chi connectivity index (χ0n) is 22.6. The molecule has 1 unspecified atom stereocenters. The standard InChI is InChI=1S/C30H30ClF2N5O3/c1-3-23(40)37-12-9-17(10-13-37)38-16-34-28-29(38)20-14-21(31)24(19-7-4-8-22(39)25(19)32)26(33)27(20)35-30(28)41-15-18-6-5-11-36(18)2/h3-4,7-8,14,16-18,39H,1,5-6,9-13,15H2,2H3. The minimum atomic E-state index is -0.972. The smallest absolute Gasteiger partial charge is 0.245 e. The predicted molar refractivity (Wildman–Crippen MR) is 153 cm³/mol. The summed E-state index contributed by atoms with van der Waals surface area (Å²) in [5, 5.41) is 10.3. The van der Waals surface area contributed by atoms with Gasteiger partial charge in [0.15, 0.2) is 22.9 Å². The van der Waals surface area contributed by atoms with E-state index in [4.69, 9.17) is 16.3 Å². The molecule has 1 amide bonds. The molecule has 41 heavy (non-hydrogen) atoms. The Morgan fingerprint density at radius 1 is 1.20 bits per heavy atom. The van der Waals surface area contributed by atoms with E-state index in [0.29, 0.717) is 49.0 Å². The number of amides is 1. The highest BCUT2D eigenvalue weighted by Gasteiger charge is 2.29. The Labute approximate surface area is 240 Å². The average Bonchev–Trinajstić information content (AvgIpc) is 3.60. The van der Waals surface area contributed by atoms with Crippen molar-refractivity contribution < 1.29 is 23.4 Å². The average molecular weight is 582 g/mol. The Balaban J connectivity index is 1.50. The highest BCUT2D eigenvalue weighted by atomic mass is 35.5. The van der Waals surface area contributed by atoms with Gasteiger partial charge in [-0.05, 0) is 57.5 Å². The van der Waals surface area contributed by atoms with E-state index in [1.807, 2.05) is 11.6 Å². The van der Waals surface area contributed by atoms with Gasteiger partial charge < -0.3 is 24.2 Å². The molecule has 0 aliphatic carbocycles. The number of hydrogen-bond acceptors (Lipinski definition) is 6. The SMILES string of the molecule is C=CC(=O)N1CCC(n2cnc3c(OCC4CCCN4C)nc4c(F)c(-c5cccc(O)c5F)c(Cl)cc4c32)CC1. The van der Waals surface area contributed by atoms with Crippen molar-refractivity contribution in [3.05, 3.63) is 59.9 Å². The van der Waals surface area contributed by atoms with E-state index in [1.54, 1.807) is 17.3 Å². The van der Waals surface area contributed by atoms with Gasteiger partial charge in [-0.1, -0.05) is 30.3 Å². The van der Waals surface area contributed by atoms with Gasteiger partial charge >= 0.3 is 0 Å². The summed E-state index contributed by atoms with van der Waals surface area (Å²) in [7, 11) is 2.04. The summed E-state index contributed by atoms with van der Waals surface area (Å²) in [5.41, 5.74) is 0.703. The maximum absolute atomic E-state index is 16.4. The Kier molecular flexibility index (Phi) is 7.29. The predicted octanol–water partition coefficient (Wildman–Crippen LogP) is 5.71. The number of benzene rings is 2. The van der Waals surface area contributed by atoms with Crippen molar-refractivity contribution in [1.29, 1.82) is 0 Å². The van der Waals surface area contributed by atoms with Crippen LogP contribution in [-0.2, 0) is 4.79 Å². The summed E-state index contributed by atoms with van der Waals surface area (Å²) in [6.07, 6.45) is 6.40. The van der Waals surface area contributed by atoms with E-state index >= 15 is 4.39 Å².